The largest absolute Gasteiger partial charge is 0.392 e. The first-order chi connectivity index (χ1) is 6.19. The number of hydrogen-bond donors (Lipinski definition) is 0. The third-order valence-electron chi connectivity index (χ3n) is 3.39. The van der Waals surface area contributed by atoms with E-state index in [4.69, 9.17) is 0 Å². The maximum atomic E-state index is 12.8. The maximum absolute atomic E-state index is 12.8. The van der Waals surface area contributed by atoms with Crippen LogP contribution in [0.4, 0.5) is 13.2 Å². The van der Waals surface area contributed by atoms with Gasteiger partial charge in [-0.2, -0.15) is 13.2 Å². The molecular formula is C11H21F3. The highest BCUT2D eigenvalue weighted by Gasteiger charge is 2.50. The zero-order chi connectivity index (χ0) is 11.6. The first-order valence-electron chi connectivity index (χ1n) is 5.25. The molecule has 1 atom stereocenters. The van der Waals surface area contributed by atoms with Gasteiger partial charge in [0.25, 0.3) is 0 Å². The van der Waals surface area contributed by atoms with Crippen LogP contribution in [0, 0.1) is 17.3 Å². The molecule has 0 bridgehead atoms. The van der Waals surface area contributed by atoms with E-state index in [1.54, 1.807) is 20.8 Å². The third-order valence-corrected chi connectivity index (χ3v) is 3.39. The highest BCUT2D eigenvalue weighted by Crippen LogP contribution is 2.48. The Hall–Kier alpha value is -0.210. The standard InChI is InChI=1S/C11H21F3/c1-6-10(5,7-2)9(8(3)4)11(12,13)14/h8-9H,6-7H2,1-5H3. The zero-order valence-corrected chi connectivity index (χ0v) is 9.70. The van der Waals surface area contributed by atoms with Crippen LogP contribution in [0.25, 0.3) is 0 Å². The lowest BCUT2D eigenvalue weighted by atomic mass is 9.68. The lowest BCUT2D eigenvalue weighted by Crippen LogP contribution is -2.41. The maximum Gasteiger partial charge on any atom is 0.392 e. The van der Waals surface area contributed by atoms with Crippen molar-refractivity contribution in [2.24, 2.45) is 17.3 Å². The Labute approximate surface area is 84.9 Å². The molecule has 0 amide bonds. The molecule has 1 unspecified atom stereocenters. The van der Waals surface area contributed by atoms with Gasteiger partial charge in [-0.15, -0.1) is 0 Å². The van der Waals surface area contributed by atoms with Crippen molar-refractivity contribution < 1.29 is 13.2 Å². The van der Waals surface area contributed by atoms with E-state index in [9.17, 15) is 13.2 Å². The molecule has 0 nitrogen and oxygen atoms in total. The molecule has 0 N–H and O–H groups in total. The van der Waals surface area contributed by atoms with Gasteiger partial charge < -0.3 is 0 Å². The highest BCUT2D eigenvalue weighted by atomic mass is 19.4. The van der Waals surface area contributed by atoms with Gasteiger partial charge in [0.1, 0.15) is 0 Å². The van der Waals surface area contributed by atoms with Gasteiger partial charge in [0.05, 0.1) is 5.92 Å². The van der Waals surface area contributed by atoms with E-state index in [1.807, 2.05) is 13.8 Å². The molecule has 0 fully saturated rings. The molecule has 0 saturated heterocycles. The predicted molar refractivity (Wildman–Crippen MR) is 53.1 cm³/mol. The molecule has 3 heteroatoms. The summed E-state index contributed by atoms with van der Waals surface area (Å²) in [4.78, 5) is 0. The van der Waals surface area contributed by atoms with Crippen molar-refractivity contribution in [3.8, 4) is 0 Å². The van der Waals surface area contributed by atoms with Crippen LogP contribution < -0.4 is 0 Å². The summed E-state index contributed by atoms with van der Waals surface area (Å²) in [5, 5.41) is 0. The number of rotatable bonds is 4. The van der Waals surface area contributed by atoms with Crippen LogP contribution in [0.3, 0.4) is 0 Å². The molecule has 0 aliphatic heterocycles. The fourth-order valence-electron chi connectivity index (χ4n) is 2.27. The molecule has 0 aromatic rings. The van der Waals surface area contributed by atoms with E-state index in [2.05, 4.69) is 0 Å². The lowest BCUT2D eigenvalue weighted by molar-refractivity contribution is -0.219. The quantitative estimate of drug-likeness (QED) is 0.633. The number of hydrogen-bond acceptors (Lipinski definition) is 0. The predicted octanol–water partition coefficient (Wildman–Crippen LogP) is 4.65. The molecular weight excluding hydrogens is 189 g/mol. The van der Waals surface area contributed by atoms with E-state index >= 15 is 0 Å². The molecule has 86 valence electrons. The van der Waals surface area contributed by atoms with E-state index in [0.717, 1.165) is 0 Å². The van der Waals surface area contributed by atoms with Crippen molar-refractivity contribution in [1.82, 2.24) is 0 Å². The van der Waals surface area contributed by atoms with Crippen LogP contribution in [0.5, 0.6) is 0 Å². The summed E-state index contributed by atoms with van der Waals surface area (Å²) in [7, 11) is 0. The third kappa shape index (κ3) is 2.89. The van der Waals surface area contributed by atoms with E-state index in [0.29, 0.717) is 12.8 Å². The Morgan fingerprint density at radius 3 is 1.43 bits per heavy atom. The first-order valence-corrected chi connectivity index (χ1v) is 5.25. The smallest absolute Gasteiger partial charge is 0.171 e. The Balaban J connectivity index is 5.00. The summed E-state index contributed by atoms with van der Waals surface area (Å²) < 4.78 is 38.5. The molecule has 0 aliphatic carbocycles. The molecule has 0 saturated carbocycles. The van der Waals surface area contributed by atoms with Crippen LogP contribution in [0.2, 0.25) is 0 Å². The van der Waals surface area contributed by atoms with E-state index in [-0.39, 0.29) is 5.92 Å². The summed E-state index contributed by atoms with van der Waals surface area (Å²) in [6.07, 6.45) is -2.92. The average molecular weight is 210 g/mol. The Morgan fingerprint density at radius 2 is 1.36 bits per heavy atom. The fraction of sp³-hybridized carbons (Fsp3) is 1.00. The summed E-state index contributed by atoms with van der Waals surface area (Å²) in [5.74, 6) is -1.54. The van der Waals surface area contributed by atoms with Gasteiger partial charge in [-0.1, -0.05) is 47.5 Å². The van der Waals surface area contributed by atoms with Gasteiger partial charge in [0, 0.05) is 0 Å². The van der Waals surface area contributed by atoms with Crippen molar-refractivity contribution in [2.45, 2.75) is 53.6 Å². The number of halogens is 3. The van der Waals surface area contributed by atoms with Crippen molar-refractivity contribution in [1.29, 1.82) is 0 Å². The van der Waals surface area contributed by atoms with Crippen molar-refractivity contribution in [3.63, 3.8) is 0 Å². The van der Waals surface area contributed by atoms with Crippen molar-refractivity contribution >= 4 is 0 Å². The van der Waals surface area contributed by atoms with Crippen LogP contribution in [-0.2, 0) is 0 Å². The van der Waals surface area contributed by atoms with Gasteiger partial charge >= 0.3 is 6.18 Å². The van der Waals surface area contributed by atoms with Crippen LogP contribution in [0.1, 0.15) is 47.5 Å². The fourth-order valence-corrected chi connectivity index (χ4v) is 2.27. The minimum Gasteiger partial charge on any atom is -0.171 e. The molecule has 0 spiro atoms. The summed E-state index contributed by atoms with van der Waals surface area (Å²) >= 11 is 0. The van der Waals surface area contributed by atoms with Crippen molar-refractivity contribution in [3.05, 3.63) is 0 Å². The molecule has 0 radical (unpaired) electrons. The topological polar surface area (TPSA) is 0 Å². The second-order valence-corrected chi connectivity index (χ2v) is 4.62. The molecule has 0 heterocycles. The minimum atomic E-state index is -4.07. The monoisotopic (exact) mass is 210 g/mol. The average Bonchev–Trinajstić information content (AvgIpc) is 2.00. The second-order valence-electron chi connectivity index (χ2n) is 4.62. The Morgan fingerprint density at radius 1 is 1.00 bits per heavy atom. The van der Waals surface area contributed by atoms with Gasteiger partial charge in [-0.25, -0.2) is 0 Å². The summed E-state index contributed by atoms with van der Waals surface area (Å²) in [5.41, 5.74) is -0.619. The normalized spacial score (nSPS) is 16.1. The lowest BCUT2D eigenvalue weighted by Gasteiger charge is -2.40. The highest BCUT2D eigenvalue weighted by molar-refractivity contribution is 4.86. The van der Waals surface area contributed by atoms with Gasteiger partial charge in [-0.05, 0) is 11.3 Å². The Bertz CT molecular complexity index is 166. The van der Waals surface area contributed by atoms with Crippen LogP contribution in [0.15, 0.2) is 0 Å². The van der Waals surface area contributed by atoms with E-state index in [1.165, 1.54) is 0 Å². The SMILES string of the molecule is CCC(C)(CC)C(C(C)C)C(F)(F)F. The van der Waals surface area contributed by atoms with Gasteiger partial charge in [0.2, 0.25) is 0 Å². The van der Waals surface area contributed by atoms with Crippen LogP contribution in [-0.4, -0.2) is 6.18 Å². The minimum absolute atomic E-state index is 0.347. The molecule has 0 aromatic carbocycles. The molecule has 14 heavy (non-hydrogen) atoms. The first kappa shape index (κ1) is 13.8. The van der Waals surface area contributed by atoms with Crippen LogP contribution >= 0.6 is 0 Å². The second kappa shape index (κ2) is 4.54. The zero-order valence-electron chi connectivity index (χ0n) is 9.70. The van der Waals surface area contributed by atoms with E-state index < -0.39 is 17.5 Å². The van der Waals surface area contributed by atoms with Gasteiger partial charge in [0.15, 0.2) is 0 Å². The van der Waals surface area contributed by atoms with Gasteiger partial charge in [-0.3, -0.25) is 0 Å². The molecule has 0 aliphatic rings. The summed E-state index contributed by atoms with van der Waals surface area (Å²) in [6.45, 7) is 8.73. The number of alkyl halides is 3. The molecule has 0 rings (SSSR count). The summed E-state index contributed by atoms with van der Waals surface area (Å²) in [6, 6.07) is 0. The Kier molecular flexibility index (Phi) is 4.47. The van der Waals surface area contributed by atoms with Crippen molar-refractivity contribution in [2.75, 3.05) is 0 Å². The molecule has 0 aromatic heterocycles.